The molecule has 0 spiro atoms. The number of nitrogens with one attached hydrogen (secondary N) is 1. The van der Waals surface area contributed by atoms with Crippen LogP contribution in [0.15, 0.2) is 6.20 Å². The molecule has 0 bridgehead atoms. The lowest BCUT2D eigenvalue weighted by atomic mass is 9.98. The maximum Gasteiger partial charge on any atom is 0.180 e. The van der Waals surface area contributed by atoms with E-state index in [1.165, 1.54) is 0 Å². The smallest absolute Gasteiger partial charge is 0.180 e. The van der Waals surface area contributed by atoms with Gasteiger partial charge in [0.15, 0.2) is 11.6 Å². The summed E-state index contributed by atoms with van der Waals surface area (Å²) in [6.07, 6.45) is 1.79. The van der Waals surface area contributed by atoms with Crippen LogP contribution in [0.1, 0.15) is 12.7 Å². The second-order valence-corrected chi connectivity index (χ2v) is 3.91. The maximum atomic E-state index is 5.74. The summed E-state index contributed by atoms with van der Waals surface area (Å²) < 4.78 is 5.71. The van der Waals surface area contributed by atoms with Gasteiger partial charge in [-0.1, -0.05) is 0 Å². The minimum absolute atomic E-state index is 0.153. The van der Waals surface area contributed by atoms with Crippen molar-refractivity contribution < 1.29 is 4.74 Å². The van der Waals surface area contributed by atoms with E-state index in [4.69, 9.17) is 10.5 Å². The maximum absolute atomic E-state index is 5.74. The number of rotatable bonds is 3. The minimum atomic E-state index is 0.153. The monoisotopic (exact) mass is 208 g/mol. The number of aryl methyl sites for hydroxylation is 1. The quantitative estimate of drug-likeness (QED) is 0.750. The van der Waals surface area contributed by atoms with Crippen molar-refractivity contribution in [2.45, 2.75) is 20.0 Å². The van der Waals surface area contributed by atoms with Gasteiger partial charge in [-0.3, -0.25) is 0 Å². The molecule has 2 heterocycles. The summed E-state index contributed by atoms with van der Waals surface area (Å²) in [5.41, 5.74) is 5.74. The zero-order chi connectivity index (χ0) is 10.8. The van der Waals surface area contributed by atoms with Crippen LogP contribution in [0.25, 0.3) is 0 Å². The molecular weight excluding hydrogens is 192 g/mol. The van der Waals surface area contributed by atoms with Crippen LogP contribution < -0.4 is 15.8 Å². The Morgan fingerprint density at radius 3 is 2.87 bits per heavy atom. The minimum Gasteiger partial charge on any atom is -0.485 e. The van der Waals surface area contributed by atoms with Gasteiger partial charge < -0.3 is 15.8 Å². The first kappa shape index (κ1) is 10.2. The normalized spacial score (nSPS) is 18.3. The molecule has 1 aliphatic heterocycles. The summed E-state index contributed by atoms with van der Waals surface area (Å²) in [4.78, 5) is 8.12. The Kier molecular flexibility index (Phi) is 2.73. The van der Waals surface area contributed by atoms with Gasteiger partial charge in [0.1, 0.15) is 11.9 Å². The highest BCUT2D eigenvalue weighted by Gasteiger charge is 2.25. The summed E-state index contributed by atoms with van der Waals surface area (Å²) >= 11 is 0. The Morgan fingerprint density at radius 2 is 2.33 bits per heavy atom. The fourth-order valence-corrected chi connectivity index (χ4v) is 1.51. The Morgan fingerprint density at radius 1 is 1.60 bits per heavy atom. The van der Waals surface area contributed by atoms with Crippen LogP contribution in [0, 0.1) is 12.8 Å². The lowest BCUT2D eigenvalue weighted by molar-refractivity contribution is 0.115. The van der Waals surface area contributed by atoms with Gasteiger partial charge >= 0.3 is 0 Å². The molecule has 1 saturated heterocycles. The Hall–Kier alpha value is -1.36. The SMILES string of the molecule is Cc1ncc(OC(C)C2CNC2)c(N)n1. The molecular formula is C10H16N4O. The van der Waals surface area contributed by atoms with E-state index in [0.717, 1.165) is 13.1 Å². The van der Waals surface area contributed by atoms with Crippen LogP contribution >= 0.6 is 0 Å². The molecule has 1 aliphatic rings. The molecule has 82 valence electrons. The highest BCUT2D eigenvalue weighted by Crippen LogP contribution is 2.22. The van der Waals surface area contributed by atoms with Crippen molar-refractivity contribution in [3.05, 3.63) is 12.0 Å². The fraction of sp³-hybridized carbons (Fsp3) is 0.600. The topological polar surface area (TPSA) is 73.1 Å². The molecule has 3 N–H and O–H groups in total. The number of aromatic nitrogens is 2. The third-order valence-electron chi connectivity index (χ3n) is 2.69. The van der Waals surface area contributed by atoms with Gasteiger partial charge in [-0.05, 0) is 13.8 Å². The average Bonchev–Trinajstić information content (AvgIpc) is 2.07. The van der Waals surface area contributed by atoms with Crippen LogP contribution in [0.4, 0.5) is 5.82 Å². The van der Waals surface area contributed by atoms with Gasteiger partial charge in [0.05, 0.1) is 6.20 Å². The first-order valence-corrected chi connectivity index (χ1v) is 5.13. The van der Waals surface area contributed by atoms with Gasteiger partial charge in [0.25, 0.3) is 0 Å². The summed E-state index contributed by atoms with van der Waals surface area (Å²) in [6, 6.07) is 0. The van der Waals surface area contributed by atoms with Gasteiger partial charge in [-0.15, -0.1) is 0 Å². The fourth-order valence-electron chi connectivity index (χ4n) is 1.51. The largest absolute Gasteiger partial charge is 0.485 e. The molecule has 0 amide bonds. The molecule has 15 heavy (non-hydrogen) atoms. The molecule has 0 radical (unpaired) electrons. The van der Waals surface area contributed by atoms with Crippen LogP contribution in [0.2, 0.25) is 0 Å². The van der Waals surface area contributed by atoms with Crippen molar-refractivity contribution in [2.75, 3.05) is 18.8 Å². The molecule has 1 atom stereocenters. The van der Waals surface area contributed by atoms with Gasteiger partial charge in [0, 0.05) is 19.0 Å². The molecule has 1 aromatic rings. The standard InChI is InChI=1S/C10H16N4O/c1-6(8-3-12-4-8)15-9-5-13-7(2)14-10(9)11/h5-6,8,12H,3-4H2,1-2H3,(H2,11,13,14). The van der Waals surface area contributed by atoms with E-state index < -0.39 is 0 Å². The lowest BCUT2D eigenvalue weighted by Gasteiger charge is -2.32. The third kappa shape index (κ3) is 2.18. The van der Waals surface area contributed by atoms with E-state index in [9.17, 15) is 0 Å². The summed E-state index contributed by atoms with van der Waals surface area (Å²) in [6.45, 7) is 5.87. The van der Waals surface area contributed by atoms with Crippen molar-refractivity contribution in [2.24, 2.45) is 5.92 Å². The molecule has 5 nitrogen and oxygen atoms in total. The zero-order valence-corrected chi connectivity index (χ0v) is 9.03. The van der Waals surface area contributed by atoms with E-state index in [1.54, 1.807) is 13.1 Å². The molecule has 0 saturated carbocycles. The van der Waals surface area contributed by atoms with Gasteiger partial charge in [0.2, 0.25) is 0 Å². The van der Waals surface area contributed by atoms with Crippen LogP contribution in [0.5, 0.6) is 5.75 Å². The highest BCUT2D eigenvalue weighted by molar-refractivity contribution is 5.43. The van der Waals surface area contributed by atoms with E-state index >= 15 is 0 Å². The Labute approximate surface area is 89.1 Å². The molecule has 2 rings (SSSR count). The van der Waals surface area contributed by atoms with Crippen LogP contribution in [0.3, 0.4) is 0 Å². The average molecular weight is 208 g/mol. The van der Waals surface area contributed by atoms with E-state index in [2.05, 4.69) is 15.3 Å². The molecule has 0 aliphatic carbocycles. The van der Waals surface area contributed by atoms with Gasteiger partial charge in [-0.2, -0.15) is 0 Å². The summed E-state index contributed by atoms with van der Waals surface area (Å²) in [5, 5.41) is 3.21. The van der Waals surface area contributed by atoms with Crippen molar-refractivity contribution in [3.63, 3.8) is 0 Å². The van der Waals surface area contributed by atoms with Gasteiger partial charge in [-0.25, -0.2) is 9.97 Å². The molecule has 5 heteroatoms. The molecule has 1 unspecified atom stereocenters. The molecule has 1 fully saturated rings. The number of nitrogen functional groups attached to an aromatic ring is 1. The van der Waals surface area contributed by atoms with Crippen LogP contribution in [-0.2, 0) is 0 Å². The lowest BCUT2D eigenvalue weighted by Crippen LogP contribution is -2.49. The molecule has 1 aromatic heterocycles. The Bertz CT molecular complexity index is 351. The second kappa shape index (κ2) is 4.02. The number of nitrogens with two attached hydrogens (primary N) is 1. The summed E-state index contributed by atoms with van der Waals surface area (Å²) in [7, 11) is 0. The zero-order valence-electron chi connectivity index (χ0n) is 9.03. The number of ether oxygens (including phenoxy) is 1. The van der Waals surface area contributed by atoms with E-state index in [1.807, 2.05) is 6.92 Å². The number of anilines is 1. The first-order valence-electron chi connectivity index (χ1n) is 5.13. The van der Waals surface area contributed by atoms with Crippen molar-refractivity contribution in [3.8, 4) is 5.75 Å². The predicted molar refractivity (Wildman–Crippen MR) is 57.6 cm³/mol. The van der Waals surface area contributed by atoms with E-state index in [0.29, 0.717) is 23.3 Å². The predicted octanol–water partition coefficient (Wildman–Crippen LogP) is 0.354. The van der Waals surface area contributed by atoms with Crippen LogP contribution in [-0.4, -0.2) is 29.2 Å². The molecule has 0 aromatic carbocycles. The number of nitrogens with zero attached hydrogens (tertiary/aromatic N) is 2. The summed E-state index contributed by atoms with van der Waals surface area (Å²) in [5.74, 6) is 2.23. The van der Waals surface area contributed by atoms with Crippen molar-refractivity contribution in [1.82, 2.24) is 15.3 Å². The third-order valence-corrected chi connectivity index (χ3v) is 2.69. The Balaban J connectivity index is 2.03. The van der Waals surface area contributed by atoms with E-state index in [-0.39, 0.29) is 6.10 Å². The van der Waals surface area contributed by atoms with Crippen molar-refractivity contribution >= 4 is 5.82 Å². The first-order chi connectivity index (χ1) is 7.16. The highest BCUT2D eigenvalue weighted by atomic mass is 16.5. The second-order valence-electron chi connectivity index (χ2n) is 3.91. The number of hydrogen-bond acceptors (Lipinski definition) is 5. The number of hydrogen-bond donors (Lipinski definition) is 2. The van der Waals surface area contributed by atoms with Crippen molar-refractivity contribution in [1.29, 1.82) is 0 Å².